The number of halogens is 1. The first-order chi connectivity index (χ1) is 15.4. The van der Waals surface area contributed by atoms with Crippen LogP contribution in [0.3, 0.4) is 0 Å². The summed E-state index contributed by atoms with van der Waals surface area (Å²) in [5, 5.41) is 0.601. The highest BCUT2D eigenvalue weighted by atomic mass is 35.5. The fourth-order valence-electron chi connectivity index (χ4n) is 4.45. The van der Waals surface area contributed by atoms with Gasteiger partial charge in [0.25, 0.3) is 0 Å². The number of piperazine rings is 1. The summed E-state index contributed by atoms with van der Waals surface area (Å²) in [4.78, 5) is 33.6. The summed E-state index contributed by atoms with van der Waals surface area (Å²) in [7, 11) is 5.15. The van der Waals surface area contributed by atoms with Crippen molar-refractivity contribution in [3.63, 3.8) is 0 Å². The van der Waals surface area contributed by atoms with Crippen LogP contribution in [-0.4, -0.2) is 82.1 Å². The highest BCUT2D eigenvalue weighted by Gasteiger charge is 2.37. The van der Waals surface area contributed by atoms with Gasteiger partial charge in [-0.3, -0.25) is 9.59 Å². The number of hydrogen-bond donors (Lipinski definition) is 0. The van der Waals surface area contributed by atoms with Crippen molar-refractivity contribution in [3.05, 3.63) is 53.1 Å². The molecule has 0 spiro atoms. The Morgan fingerprint density at radius 1 is 1.06 bits per heavy atom. The number of carbonyl (C=O) groups is 2. The van der Waals surface area contributed by atoms with Gasteiger partial charge in [-0.2, -0.15) is 0 Å². The Morgan fingerprint density at radius 3 is 2.47 bits per heavy atom. The van der Waals surface area contributed by atoms with Crippen LogP contribution in [0.25, 0.3) is 0 Å². The summed E-state index contributed by atoms with van der Waals surface area (Å²) in [6.07, 6.45) is 0. The Kier molecular flexibility index (Phi) is 6.46. The zero-order chi connectivity index (χ0) is 22.8. The molecule has 0 N–H and O–H groups in total. The van der Waals surface area contributed by atoms with Crippen molar-refractivity contribution in [2.24, 2.45) is 0 Å². The molecule has 1 saturated heterocycles. The van der Waals surface area contributed by atoms with Gasteiger partial charge >= 0.3 is 0 Å². The van der Waals surface area contributed by atoms with Crippen molar-refractivity contribution < 1.29 is 14.3 Å². The second-order valence-electron chi connectivity index (χ2n) is 8.41. The largest absolute Gasteiger partial charge is 0.495 e. The molecule has 7 nitrogen and oxygen atoms in total. The van der Waals surface area contributed by atoms with Gasteiger partial charge in [0.15, 0.2) is 0 Å². The fourth-order valence-corrected chi connectivity index (χ4v) is 4.61. The molecule has 0 saturated carbocycles. The topological polar surface area (TPSA) is 56.3 Å². The maximum atomic E-state index is 13.5. The third kappa shape index (κ3) is 4.35. The van der Waals surface area contributed by atoms with Crippen LogP contribution in [0.15, 0.2) is 42.5 Å². The predicted molar refractivity (Wildman–Crippen MR) is 127 cm³/mol. The lowest BCUT2D eigenvalue weighted by Gasteiger charge is -2.37. The summed E-state index contributed by atoms with van der Waals surface area (Å²) in [6.45, 7) is 3.50. The molecular weight excluding hydrogens is 428 g/mol. The summed E-state index contributed by atoms with van der Waals surface area (Å²) in [5.74, 6) is 0.646. The van der Waals surface area contributed by atoms with E-state index < -0.39 is 0 Å². The first kappa shape index (κ1) is 22.3. The maximum Gasteiger partial charge on any atom is 0.241 e. The van der Waals surface area contributed by atoms with Gasteiger partial charge in [-0.15, -0.1) is 0 Å². The number of para-hydroxylation sites is 2. The Hall–Kier alpha value is -2.93. The van der Waals surface area contributed by atoms with Gasteiger partial charge in [0.05, 0.1) is 25.3 Å². The number of methoxy groups -OCH3 is 1. The third-order valence-corrected chi connectivity index (χ3v) is 6.49. The van der Waals surface area contributed by atoms with E-state index in [0.717, 1.165) is 35.8 Å². The smallest absolute Gasteiger partial charge is 0.241 e. The lowest BCUT2D eigenvalue weighted by Crippen LogP contribution is -2.50. The van der Waals surface area contributed by atoms with Crippen LogP contribution in [0.4, 0.5) is 11.4 Å². The van der Waals surface area contributed by atoms with E-state index in [2.05, 4.69) is 4.90 Å². The normalized spacial score (nSPS) is 17.9. The Labute approximate surface area is 194 Å². The molecule has 8 heteroatoms. The van der Waals surface area contributed by atoms with Gasteiger partial charge < -0.3 is 24.3 Å². The van der Waals surface area contributed by atoms with Crippen LogP contribution >= 0.6 is 11.6 Å². The molecule has 0 aromatic heterocycles. The number of fused-ring (bicyclic) bond motifs is 1. The number of nitrogens with zero attached hydrogens (tertiary/aromatic N) is 4. The van der Waals surface area contributed by atoms with Crippen molar-refractivity contribution in [3.8, 4) is 5.75 Å². The van der Waals surface area contributed by atoms with Crippen LogP contribution in [0.5, 0.6) is 5.75 Å². The Morgan fingerprint density at radius 2 is 1.78 bits per heavy atom. The van der Waals surface area contributed by atoms with Gasteiger partial charge in [-0.1, -0.05) is 29.8 Å². The minimum absolute atomic E-state index is 0.00514. The molecule has 2 aromatic carbocycles. The molecule has 1 atom stereocenters. The van der Waals surface area contributed by atoms with Crippen LogP contribution in [0, 0.1) is 0 Å². The van der Waals surface area contributed by atoms with E-state index in [1.807, 2.05) is 52.3 Å². The molecule has 2 heterocycles. The Balaban J connectivity index is 1.47. The van der Waals surface area contributed by atoms with E-state index in [4.69, 9.17) is 16.3 Å². The van der Waals surface area contributed by atoms with E-state index in [1.54, 1.807) is 26.1 Å². The highest BCUT2D eigenvalue weighted by molar-refractivity contribution is 6.31. The zero-order valence-corrected chi connectivity index (χ0v) is 19.5. The third-order valence-electron chi connectivity index (χ3n) is 6.25. The van der Waals surface area contributed by atoms with Crippen molar-refractivity contribution >= 4 is 34.8 Å². The van der Waals surface area contributed by atoms with E-state index in [-0.39, 0.29) is 24.3 Å². The molecule has 2 aromatic rings. The van der Waals surface area contributed by atoms with Gasteiger partial charge in [0.2, 0.25) is 11.8 Å². The molecule has 2 aliphatic rings. The molecule has 2 aliphatic heterocycles. The van der Waals surface area contributed by atoms with E-state index >= 15 is 0 Å². The quantitative estimate of drug-likeness (QED) is 0.692. The highest BCUT2D eigenvalue weighted by Crippen LogP contribution is 2.39. The summed E-state index contributed by atoms with van der Waals surface area (Å²) in [5.41, 5.74) is 2.87. The number of likely N-dealkylation sites (N-methyl/N-ethyl adjacent to an activating group) is 1. The van der Waals surface area contributed by atoms with Gasteiger partial charge in [-0.05, 0) is 29.8 Å². The standard InChI is InChI=1S/C24H29ClN4O3/c1-26(2)23(30)16-29-15-19(18-9-8-17(25)14-21(18)29)24(31)28-12-10-27(11-13-28)20-6-4-5-7-22(20)32-3/h4-9,14,19H,10-13,15-16H2,1-3H3. The van der Waals surface area contributed by atoms with E-state index in [9.17, 15) is 9.59 Å². The number of ether oxygens (including phenoxy) is 1. The molecule has 0 bridgehead atoms. The predicted octanol–water partition coefficient (Wildman–Crippen LogP) is 2.69. The molecule has 1 fully saturated rings. The van der Waals surface area contributed by atoms with Crippen LogP contribution < -0.4 is 14.5 Å². The van der Waals surface area contributed by atoms with Crippen LogP contribution in [0.2, 0.25) is 5.02 Å². The fraction of sp³-hybridized carbons (Fsp3) is 0.417. The maximum absolute atomic E-state index is 13.5. The lowest BCUT2D eigenvalue weighted by molar-refractivity contribution is -0.133. The van der Waals surface area contributed by atoms with Crippen molar-refractivity contribution in [1.29, 1.82) is 0 Å². The minimum atomic E-state index is -0.296. The molecule has 32 heavy (non-hydrogen) atoms. The number of carbonyl (C=O) groups excluding carboxylic acids is 2. The molecule has 170 valence electrons. The van der Waals surface area contributed by atoms with Crippen LogP contribution in [0.1, 0.15) is 11.5 Å². The number of hydrogen-bond acceptors (Lipinski definition) is 5. The van der Waals surface area contributed by atoms with E-state index in [1.165, 1.54) is 0 Å². The summed E-state index contributed by atoms with van der Waals surface area (Å²) in [6, 6.07) is 13.6. The molecular formula is C24H29ClN4O3. The average molecular weight is 457 g/mol. The minimum Gasteiger partial charge on any atom is -0.495 e. The summed E-state index contributed by atoms with van der Waals surface area (Å²) >= 11 is 6.23. The number of amides is 2. The molecule has 0 radical (unpaired) electrons. The second-order valence-corrected chi connectivity index (χ2v) is 8.85. The zero-order valence-electron chi connectivity index (χ0n) is 18.8. The van der Waals surface area contributed by atoms with Crippen molar-refractivity contribution in [2.45, 2.75) is 5.92 Å². The average Bonchev–Trinajstić information content (AvgIpc) is 3.15. The molecule has 0 aliphatic carbocycles. The van der Waals surface area contributed by atoms with E-state index in [0.29, 0.717) is 24.7 Å². The van der Waals surface area contributed by atoms with Crippen molar-refractivity contribution in [2.75, 3.05) is 70.3 Å². The van der Waals surface area contributed by atoms with Gasteiger partial charge in [0, 0.05) is 57.5 Å². The summed E-state index contributed by atoms with van der Waals surface area (Å²) < 4.78 is 5.49. The number of rotatable bonds is 5. The van der Waals surface area contributed by atoms with Crippen LogP contribution in [-0.2, 0) is 9.59 Å². The Bertz CT molecular complexity index is 1000. The molecule has 2 amide bonds. The molecule has 4 rings (SSSR count). The van der Waals surface area contributed by atoms with Gasteiger partial charge in [-0.25, -0.2) is 0 Å². The lowest BCUT2D eigenvalue weighted by atomic mass is 9.99. The second kappa shape index (κ2) is 9.28. The van der Waals surface area contributed by atoms with Crippen molar-refractivity contribution in [1.82, 2.24) is 9.80 Å². The first-order valence-corrected chi connectivity index (χ1v) is 11.2. The number of benzene rings is 2. The molecule has 1 unspecified atom stereocenters. The number of anilines is 2. The SMILES string of the molecule is COc1ccccc1N1CCN(C(=O)C2CN(CC(=O)N(C)C)c3cc(Cl)ccc32)CC1. The first-order valence-electron chi connectivity index (χ1n) is 10.8. The monoisotopic (exact) mass is 456 g/mol. The van der Waals surface area contributed by atoms with Gasteiger partial charge in [0.1, 0.15) is 5.75 Å².